The smallest absolute Gasteiger partial charge is 0.245 e. The predicted molar refractivity (Wildman–Crippen MR) is 147 cm³/mol. The molecular weight excluding hydrogens is 446 g/mol. The van der Waals surface area contributed by atoms with Gasteiger partial charge in [-0.25, -0.2) is 4.98 Å². The van der Waals surface area contributed by atoms with Gasteiger partial charge in [-0.05, 0) is 74.8 Å². The molecule has 6 nitrogen and oxygen atoms in total. The molecule has 36 heavy (non-hydrogen) atoms. The second kappa shape index (κ2) is 8.91. The van der Waals surface area contributed by atoms with E-state index in [4.69, 9.17) is 4.98 Å². The molecular formula is C30H39N5O. The first-order valence-corrected chi connectivity index (χ1v) is 13.7. The number of para-hydroxylation sites is 1. The quantitative estimate of drug-likeness (QED) is 0.651. The van der Waals surface area contributed by atoms with Gasteiger partial charge in [0.2, 0.25) is 5.91 Å². The summed E-state index contributed by atoms with van der Waals surface area (Å²) in [6.07, 6.45) is 5.94. The molecule has 2 aromatic rings. The summed E-state index contributed by atoms with van der Waals surface area (Å²) < 4.78 is 0. The number of amides is 1. The van der Waals surface area contributed by atoms with E-state index in [0.29, 0.717) is 6.04 Å². The second-order valence-corrected chi connectivity index (χ2v) is 11.6. The fourth-order valence-electron chi connectivity index (χ4n) is 6.94. The number of benzene rings is 1. The van der Waals surface area contributed by atoms with Gasteiger partial charge in [-0.3, -0.25) is 9.69 Å². The maximum absolute atomic E-state index is 12.1. The fourth-order valence-corrected chi connectivity index (χ4v) is 6.94. The number of pyridine rings is 1. The van der Waals surface area contributed by atoms with Gasteiger partial charge >= 0.3 is 0 Å². The van der Waals surface area contributed by atoms with Crippen LogP contribution in [0.25, 0.3) is 11.1 Å². The van der Waals surface area contributed by atoms with E-state index in [0.717, 1.165) is 70.9 Å². The number of fused-ring (bicyclic) bond motifs is 2. The van der Waals surface area contributed by atoms with Crippen LogP contribution in [0, 0.1) is 12.3 Å². The molecule has 0 saturated carbocycles. The molecule has 0 atom stereocenters. The zero-order valence-electron chi connectivity index (χ0n) is 22.1. The van der Waals surface area contributed by atoms with E-state index < -0.39 is 0 Å². The molecule has 0 unspecified atom stereocenters. The Morgan fingerprint density at radius 2 is 2.03 bits per heavy atom. The van der Waals surface area contributed by atoms with Crippen LogP contribution in [0.2, 0.25) is 0 Å². The number of nitrogens with zero attached hydrogens (tertiary/aromatic N) is 4. The lowest BCUT2D eigenvalue weighted by Crippen LogP contribution is -2.59. The van der Waals surface area contributed by atoms with Gasteiger partial charge in [-0.1, -0.05) is 24.8 Å². The zero-order chi connectivity index (χ0) is 25.0. The summed E-state index contributed by atoms with van der Waals surface area (Å²) in [5.41, 5.74) is 9.71. The third-order valence-corrected chi connectivity index (χ3v) is 8.96. The van der Waals surface area contributed by atoms with Crippen LogP contribution in [0.3, 0.4) is 0 Å². The number of aryl methyl sites for hydroxylation is 1. The van der Waals surface area contributed by atoms with Crippen molar-refractivity contribution in [3.63, 3.8) is 0 Å². The van der Waals surface area contributed by atoms with Crippen LogP contribution in [0.5, 0.6) is 0 Å². The number of likely N-dealkylation sites (tertiary alicyclic amines) is 1. The number of anilines is 2. The first-order chi connectivity index (χ1) is 17.4. The Hall–Kier alpha value is -2.86. The number of nitrogens with one attached hydrogen (secondary N) is 1. The van der Waals surface area contributed by atoms with Crippen molar-refractivity contribution in [2.45, 2.75) is 59.0 Å². The molecule has 4 aliphatic rings. The van der Waals surface area contributed by atoms with E-state index >= 15 is 0 Å². The molecule has 1 aromatic heterocycles. The number of rotatable bonds is 4. The van der Waals surface area contributed by atoms with Gasteiger partial charge in [0.15, 0.2) is 0 Å². The highest BCUT2D eigenvalue weighted by atomic mass is 16.2. The normalized spacial score (nSPS) is 20.7. The highest BCUT2D eigenvalue weighted by Gasteiger charge is 2.49. The lowest BCUT2D eigenvalue weighted by molar-refractivity contribution is -0.136. The van der Waals surface area contributed by atoms with Gasteiger partial charge in [-0.15, -0.1) is 0 Å². The molecule has 0 bridgehead atoms. The molecule has 190 valence electrons. The third kappa shape index (κ3) is 3.81. The second-order valence-electron chi connectivity index (χ2n) is 11.6. The van der Waals surface area contributed by atoms with E-state index in [1.54, 1.807) is 0 Å². The first kappa shape index (κ1) is 23.5. The number of carbonyl (C=O) groups is 1. The highest BCUT2D eigenvalue weighted by molar-refractivity contribution is 5.88. The maximum Gasteiger partial charge on any atom is 0.245 e. The number of aromatic nitrogens is 1. The minimum absolute atomic E-state index is 0.0552. The summed E-state index contributed by atoms with van der Waals surface area (Å²) in [7, 11) is 0. The van der Waals surface area contributed by atoms with Gasteiger partial charge in [0, 0.05) is 68.5 Å². The first-order valence-electron chi connectivity index (χ1n) is 13.7. The van der Waals surface area contributed by atoms with Crippen LogP contribution < -0.4 is 10.2 Å². The average Bonchev–Trinajstić information content (AvgIpc) is 3.32. The van der Waals surface area contributed by atoms with E-state index in [-0.39, 0.29) is 11.3 Å². The van der Waals surface area contributed by atoms with Gasteiger partial charge in [0.05, 0.1) is 5.69 Å². The lowest BCUT2D eigenvalue weighted by atomic mass is 9.79. The molecule has 0 aliphatic carbocycles. The van der Waals surface area contributed by atoms with E-state index in [2.05, 4.69) is 60.7 Å². The summed E-state index contributed by atoms with van der Waals surface area (Å²) in [6.45, 7) is 17.2. The molecule has 6 heteroatoms. The molecule has 0 radical (unpaired) electrons. The van der Waals surface area contributed by atoms with Crippen LogP contribution in [0.1, 0.15) is 49.1 Å². The maximum atomic E-state index is 12.1. The third-order valence-electron chi connectivity index (χ3n) is 8.96. The van der Waals surface area contributed by atoms with Crippen LogP contribution in [-0.2, 0) is 24.2 Å². The Morgan fingerprint density at radius 3 is 2.81 bits per heavy atom. The minimum Gasteiger partial charge on any atom is -0.384 e. The minimum atomic E-state index is 0.0552. The van der Waals surface area contributed by atoms with Crippen molar-refractivity contribution in [1.29, 1.82) is 0 Å². The molecule has 1 aromatic carbocycles. The van der Waals surface area contributed by atoms with Crippen molar-refractivity contribution in [3.05, 3.63) is 53.2 Å². The van der Waals surface area contributed by atoms with Crippen LogP contribution in [0.15, 0.2) is 30.9 Å². The summed E-state index contributed by atoms with van der Waals surface area (Å²) in [4.78, 5) is 24.4. The molecule has 4 aliphatic heterocycles. The fraction of sp³-hybridized carbons (Fsp3) is 0.533. The molecule has 2 saturated heterocycles. The van der Waals surface area contributed by atoms with E-state index in [1.165, 1.54) is 51.7 Å². The monoisotopic (exact) mass is 485 g/mol. The molecule has 1 N–H and O–H groups in total. The van der Waals surface area contributed by atoms with Crippen LogP contribution in [0.4, 0.5) is 11.5 Å². The Kier molecular flexibility index (Phi) is 5.83. The molecule has 6 rings (SSSR count). The molecule has 1 amide bonds. The van der Waals surface area contributed by atoms with Gasteiger partial charge < -0.3 is 15.1 Å². The van der Waals surface area contributed by atoms with Gasteiger partial charge in [0.25, 0.3) is 0 Å². The zero-order valence-corrected chi connectivity index (χ0v) is 22.1. The van der Waals surface area contributed by atoms with Crippen molar-refractivity contribution in [1.82, 2.24) is 14.8 Å². The largest absolute Gasteiger partial charge is 0.384 e. The molecule has 5 heterocycles. The number of hydrogen-bond acceptors (Lipinski definition) is 5. The average molecular weight is 486 g/mol. The number of hydrogen-bond donors (Lipinski definition) is 1. The Bertz CT molecular complexity index is 1210. The van der Waals surface area contributed by atoms with Crippen LogP contribution >= 0.6 is 0 Å². The standard InChI is InChI=1S/C30H39N5O/c1-5-26(36)35-18-30(19-35)12-15-34(17-30)29-21(4)27(23-11-14-33(20(2)3)16-25(23)32-29)24-10-6-8-22-9-7-13-31-28(22)24/h5-6,8,10,20,31H,1,7,9,11-19H2,2-4H3. The summed E-state index contributed by atoms with van der Waals surface area (Å²) in [6, 6.07) is 7.35. The Labute approximate surface area is 215 Å². The lowest BCUT2D eigenvalue weighted by Gasteiger charge is -2.47. The Morgan fingerprint density at radius 1 is 1.19 bits per heavy atom. The molecule has 2 fully saturated rings. The van der Waals surface area contributed by atoms with Gasteiger partial charge in [-0.2, -0.15) is 0 Å². The van der Waals surface area contributed by atoms with E-state index in [1.807, 2.05) is 4.90 Å². The topological polar surface area (TPSA) is 51.7 Å². The van der Waals surface area contributed by atoms with Gasteiger partial charge in [0.1, 0.15) is 5.82 Å². The predicted octanol–water partition coefficient (Wildman–Crippen LogP) is 4.41. The summed E-state index contributed by atoms with van der Waals surface area (Å²) in [5.74, 6) is 1.20. The van der Waals surface area contributed by atoms with E-state index in [9.17, 15) is 4.79 Å². The van der Waals surface area contributed by atoms with Crippen molar-refractivity contribution in [2.75, 3.05) is 49.5 Å². The van der Waals surface area contributed by atoms with Crippen molar-refractivity contribution in [3.8, 4) is 11.1 Å². The molecule has 1 spiro atoms. The summed E-state index contributed by atoms with van der Waals surface area (Å²) >= 11 is 0. The number of carbonyl (C=O) groups excluding carboxylic acids is 1. The highest BCUT2D eigenvalue weighted by Crippen LogP contribution is 2.46. The van der Waals surface area contributed by atoms with Crippen molar-refractivity contribution < 1.29 is 4.79 Å². The van der Waals surface area contributed by atoms with Crippen LogP contribution in [-0.4, -0.2) is 66.0 Å². The SMILES string of the molecule is C=CC(=O)N1CC2(CCN(c3nc4c(c(-c5cccc6c5NCCC6)c3C)CCN(C(C)C)C4)C2)C1. The Balaban J connectivity index is 1.41. The van der Waals surface area contributed by atoms with Crippen molar-refractivity contribution in [2.24, 2.45) is 5.41 Å². The van der Waals surface area contributed by atoms with Crippen molar-refractivity contribution >= 4 is 17.4 Å². The summed E-state index contributed by atoms with van der Waals surface area (Å²) in [5, 5.41) is 3.74.